The monoisotopic (exact) mass is 394 g/mol. The number of carbonyl (C=O) groups excluding carboxylic acids is 2. The minimum absolute atomic E-state index is 0.0468. The molecule has 6 heteroatoms. The first kappa shape index (κ1) is 19.7. The number of hydrogen-bond acceptors (Lipinski definition) is 3. The zero-order chi connectivity index (χ0) is 20.4. The Balaban J connectivity index is 1.21. The fourth-order valence-electron chi connectivity index (χ4n) is 4.67. The predicted molar refractivity (Wildman–Crippen MR) is 111 cm³/mol. The maximum Gasteiger partial charge on any atom is 0.272 e. The molecule has 2 aromatic rings. The van der Waals surface area contributed by atoms with Gasteiger partial charge in [0.25, 0.3) is 5.91 Å². The number of benzene rings is 1. The summed E-state index contributed by atoms with van der Waals surface area (Å²) in [5.41, 5.74) is 2.92. The number of carbonyl (C=O) groups is 2. The number of aromatic nitrogens is 2. The van der Waals surface area contributed by atoms with Gasteiger partial charge in [0.2, 0.25) is 5.91 Å². The van der Waals surface area contributed by atoms with E-state index in [0.717, 1.165) is 57.4 Å². The third-order valence-electron chi connectivity index (χ3n) is 6.56. The van der Waals surface area contributed by atoms with Crippen molar-refractivity contribution in [3.63, 3.8) is 0 Å². The molecule has 1 aromatic heterocycles. The second-order valence-corrected chi connectivity index (χ2v) is 8.59. The third-order valence-corrected chi connectivity index (χ3v) is 6.56. The lowest BCUT2D eigenvalue weighted by Crippen LogP contribution is -2.41. The van der Waals surface area contributed by atoms with E-state index in [1.807, 2.05) is 31.0 Å². The van der Waals surface area contributed by atoms with Gasteiger partial charge in [-0.25, -0.2) is 0 Å². The van der Waals surface area contributed by atoms with E-state index < -0.39 is 0 Å². The summed E-state index contributed by atoms with van der Waals surface area (Å²) in [5.74, 6) is 0.362. The molecule has 1 aliphatic carbocycles. The van der Waals surface area contributed by atoms with Crippen LogP contribution in [0, 0.1) is 18.3 Å². The summed E-state index contributed by atoms with van der Waals surface area (Å²) in [7, 11) is 1.81. The number of likely N-dealkylation sites (tertiary alicyclic amines) is 1. The number of nitrogens with one attached hydrogen (secondary N) is 1. The summed E-state index contributed by atoms with van der Waals surface area (Å²) in [6.07, 6.45) is 4.74. The summed E-state index contributed by atoms with van der Waals surface area (Å²) in [6.45, 7) is 4.07. The largest absolute Gasteiger partial charge is 0.356 e. The molecule has 154 valence electrons. The van der Waals surface area contributed by atoms with Gasteiger partial charge < -0.3 is 10.2 Å². The Morgan fingerprint density at radius 3 is 2.59 bits per heavy atom. The predicted octanol–water partition coefficient (Wildman–Crippen LogP) is 2.72. The molecule has 4 rings (SSSR count). The average Bonchev–Trinajstić information content (AvgIpc) is 3.32. The van der Waals surface area contributed by atoms with Crippen LogP contribution in [-0.2, 0) is 18.3 Å². The molecule has 2 heterocycles. The van der Waals surface area contributed by atoms with Crippen LogP contribution >= 0.6 is 0 Å². The molecule has 29 heavy (non-hydrogen) atoms. The molecular weight excluding hydrogens is 364 g/mol. The van der Waals surface area contributed by atoms with Gasteiger partial charge in [-0.2, -0.15) is 5.10 Å². The molecule has 1 aromatic carbocycles. The van der Waals surface area contributed by atoms with Crippen molar-refractivity contribution in [3.8, 4) is 0 Å². The summed E-state index contributed by atoms with van der Waals surface area (Å²) in [5, 5.41) is 7.40. The van der Waals surface area contributed by atoms with E-state index in [4.69, 9.17) is 0 Å². The number of piperidine rings is 1. The van der Waals surface area contributed by atoms with Gasteiger partial charge in [0, 0.05) is 32.6 Å². The molecule has 0 bridgehead atoms. The van der Waals surface area contributed by atoms with Crippen LogP contribution in [0.25, 0.3) is 0 Å². The van der Waals surface area contributed by atoms with Crippen molar-refractivity contribution in [2.24, 2.45) is 18.4 Å². The maximum absolute atomic E-state index is 12.8. The highest BCUT2D eigenvalue weighted by atomic mass is 16.2. The van der Waals surface area contributed by atoms with E-state index >= 15 is 0 Å². The molecule has 1 N–H and O–H groups in total. The van der Waals surface area contributed by atoms with Crippen molar-refractivity contribution >= 4 is 11.8 Å². The Kier molecular flexibility index (Phi) is 5.43. The first-order valence-corrected chi connectivity index (χ1v) is 10.6. The average molecular weight is 395 g/mol. The Morgan fingerprint density at radius 1 is 1.21 bits per heavy atom. The van der Waals surface area contributed by atoms with Crippen LogP contribution in [-0.4, -0.2) is 46.1 Å². The van der Waals surface area contributed by atoms with Gasteiger partial charge in [0.1, 0.15) is 5.69 Å². The van der Waals surface area contributed by atoms with E-state index in [1.54, 1.807) is 4.68 Å². The SMILES string of the molecule is Cc1cc(C(=O)N2CCC3(CC2)CC3C(=O)NCCCc2ccccc2)n(C)n1. The maximum atomic E-state index is 12.8. The number of nitrogens with zero attached hydrogens (tertiary/aromatic N) is 3. The summed E-state index contributed by atoms with van der Waals surface area (Å²) in [6, 6.07) is 12.2. The highest BCUT2D eigenvalue weighted by Gasteiger charge is 2.58. The Labute approximate surface area is 172 Å². The molecule has 1 spiro atoms. The lowest BCUT2D eigenvalue weighted by molar-refractivity contribution is -0.123. The first-order chi connectivity index (χ1) is 14.0. The number of aryl methyl sites for hydroxylation is 3. The lowest BCUT2D eigenvalue weighted by atomic mass is 9.90. The van der Waals surface area contributed by atoms with Crippen LogP contribution in [0.3, 0.4) is 0 Å². The summed E-state index contributed by atoms with van der Waals surface area (Å²) in [4.78, 5) is 27.2. The lowest BCUT2D eigenvalue weighted by Gasteiger charge is -2.32. The van der Waals surface area contributed by atoms with Gasteiger partial charge in [-0.1, -0.05) is 30.3 Å². The van der Waals surface area contributed by atoms with Crippen LogP contribution in [0.2, 0.25) is 0 Å². The van der Waals surface area contributed by atoms with Gasteiger partial charge in [-0.15, -0.1) is 0 Å². The standard InChI is InChI=1S/C23H30N4O2/c1-17-15-20(26(2)25-17)22(29)27-13-10-23(11-14-27)16-19(23)21(28)24-12-6-9-18-7-4-3-5-8-18/h3-5,7-8,15,19H,6,9-14,16H2,1-2H3,(H,24,28). The second-order valence-electron chi connectivity index (χ2n) is 8.59. The van der Waals surface area contributed by atoms with Crippen molar-refractivity contribution in [2.75, 3.05) is 19.6 Å². The van der Waals surface area contributed by atoms with Crippen molar-refractivity contribution < 1.29 is 9.59 Å². The molecular formula is C23H30N4O2. The summed E-state index contributed by atoms with van der Waals surface area (Å²) >= 11 is 0. The molecule has 6 nitrogen and oxygen atoms in total. The van der Waals surface area contributed by atoms with Crippen LogP contribution in [0.5, 0.6) is 0 Å². The number of rotatable bonds is 6. The fourth-order valence-corrected chi connectivity index (χ4v) is 4.67. The van der Waals surface area contributed by atoms with Crippen molar-refractivity contribution in [1.29, 1.82) is 0 Å². The number of amides is 2. The zero-order valence-electron chi connectivity index (χ0n) is 17.4. The molecule has 2 amide bonds. The highest BCUT2D eigenvalue weighted by Crippen LogP contribution is 2.59. The quantitative estimate of drug-likeness (QED) is 0.766. The van der Waals surface area contributed by atoms with Crippen molar-refractivity contribution in [2.45, 2.75) is 39.0 Å². The zero-order valence-corrected chi connectivity index (χ0v) is 17.4. The van der Waals surface area contributed by atoms with E-state index in [0.29, 0.717) is 5.69 Å². The molecule has 1 aliphatic heterocycles. The Bertz CT molecular complexity index is 882. The van der Waals surface area contributed by atoms with Gasteiger partial charge in [0.15, 0.2) is 0 Å². The van der Waals surface area contributed by atoms with Crippen LogP contribution in [0.4, 0.5) is 0 Å². The van der Waals surface area contributed by atoms with Gasteiger partial charge in [-0.3, -0.25) is 14.3 Å². The number of hydrogen-bond donors (Lipinski definition) is 1. The molecule has 1 saturated carbocycles. The normalized spacial score (nSPS) is 19.9. The third kappa shape index (κ3) is 4.21. The van der Waals surface area contributed by atoms with Gasteiger partial charge in [0.05, 0.1) is 5.69 Å². The Hall–Kier alpha value is -2.63. The van der Waals surface area contributed by atoms with Crippen molar-refractivity contribution in [1.82, 2.24) is 20.0 Å². The van der Waals surface area contributed by atoms with Crippen LogP contribution in [0.15, 0.2) is 36.4 Å². The van der Waals surface area contributed by atoms with Crippen LogP contribution < -0.4 is 5.32 Å². The minimum Gasteiger partial charge on any atom is -0.356 e. The second kappa shape index (κ2) is 8.01. The van der Waals surface area contributed by atoms with E-state index in [1.165, 1.54) is 5.56 Å². The molecule has 0 radical (unpaired) electrons. The smallest absolute Gasteiger partial charge is 0.272 e. The first-order valence-electron chi connectivity index (χ1n) is 10.6. The highest BCUT2D eigenvalue weighted by molar-refractivity contribution is 5.93. The van der Waals surface area contributed by atoms with Gasteiger partial charge >= 0.3 is 0 Å². The van der Waals surface area contributed by atoms with E-state index in [-0.39, 0.29) is 23.1 Å². The molecule has 1 saturated heterocycles. The van der Waals surface area contributed by atoms with E-state index in [2.05, 4.69) is 34.7 Å². The van der Waals surface area contributed by atoms with Crippen LogP contribution in [0.1, 0.15) is 47.4 Å². The molecule has 2 aliphatic rings. The van der Waals surface area contributed by atoms with Gasteiger partial charge in [-0.05, 0) is 56.1 Å². The molecule has 1 unspecified atom stereocenters. The fraction of sp³-hybridized carbons (Fsp3) is 0.522. The minimum atomic E-state index is 0.0468. The summed E-state index contributed by atoms with van der Waals surface area (Å²) < 4.78 is 1.66. The van der Waals surface area contributed by atoms with Crippen molar-refractivity contribution in [3.05, 3.63) is 53.3 Å². The topological polar surface area (TPSA) is 67.2 Å². The molecule has 2 fully saturated rings. The Morgan fingerprint density at radius 2 is 1.93 bits per heavy atom. The molecule has 1 atom stereocenters. The van der Waals surface area contributed by atoms with E-state index in [9.17, 15) is 9.59 Å².